The summed E-state index contributed by atoms with van der Waals surface area (Å²) in [4.78, 5) is 16.3. The largest absolute Gasteiger partial charge is 0.351 e. The normalized spacial score (nSPS) is 10.3. The van der Waals surface area contributed by atoms with Crippen molar-refractivity contribution in [3.63, 3.8) is 0 Å². The number of carbonyl (C=O) groups excluding carboxylic acids is 1. The van der Waals surface area contributed by atoms with E-state index in [1.807, 2.05) is 13.2 Å². The summed E-state index contributed by atoms with van der Waals surface area (Å²) in [6.07, 6.45) is 5.19. The molecule has 0 aliphatic rings. The van der Waals surface area contributed by atoms with Crippen molar-refractivity contribution >= 4 is 18.5 Å². The first kappa shape index (κ1) is 12.6. The van der Waals surface area contributed by atoms with E-state index in [0.29, 0.717) is 23.6 Å². The van der Waals surface area contributed by atoms with Crippen LogP contribution >= 0.6 is 12.6 Å². The number of aromatic nitrogens is 3. The Balaban J connectivity index is 2.34. The molecule has 0 bridgehead atoms. The molecular formula is C12H14N4OS. The van der Waals surface area contributed by atoms with Crippen molar-refractivity contribution in [1.82, 2.24) is 20.1 Å². The Morgan fingerprint density at radius 2 is 2.39 bits per heavy atom. The third-order valence-corrected chi connectivity index (χ3v) is 2.65. The summed E-state index contributed by atoms with van der Waals surface area (Å²) < 4.78 is 1.68. The van der Waals surface area contributed by atoms with E-state index >= 15 is 0 Å². The van der Waals surface area contributed by atoms with Gasteiger partial charge in [0.25, 0.3) is 5.91 Å². The van der Waals surface area contributed by atoms with Crippen LogP contribution in [0, 0.1) is 0 Å². The standard InChI is InChI=1S/C12H14N4OS/c1-16-8-9(7-15-16)11-10(3-2-4-13-11)12(17)14-5-6-18/h2-4,7-8,18H,5-6H2,1H3,(H,14,17). The first-order chi connectivity index (χ1) is 8.72. The Morgan fingerprint density at radius 3 is 3.06 bits per heavy atom. The van der Waals surface area contributed by atoms with E-state index in [4.69, 9.17) is 0 Å². The Morgan fingerprint density at radius 1 is 1.56 bits per heavy atom. The molecule has 18 heavy (non-hydrogen) atoms. The number of thiol groups is 1. The minimum absolute atomic E-state index is 0.143. The molecule has 1 amide bonds. The van der Waals surface area contributed by atoms with Crippen molar-refractivity contribution in [3.05, 3.63) is 36.3 Å². The zero-order valence-electron chi connectivity index (χ0n) is 10.00. The molecule has 0 spiro atoms. The molecule has 94 valence electrons. The summed E-state index contributed by atoms with van der Waals surface area (Å²) in [7, 11) is 1.83. The fourth-order valence-corrected chi connectivity index (χ4v) is 1.74. The van der Waals surface area contributed by atoms with Crippen LogP contribution in [-0.2, 0) is 7.05 Å². The molecule has 1 N–H and O–H groups in total. The van der Waals surface area contributed by atoms with Gasteiger partial charge in [-0.25, -0.2) is 0 Å². The molecule has 0 saturated carbocycles. The Hall–Kier alpha value is -1.82. The molecule has 0 radical (unpaired) electrons. The highest BCUT2D eigenvalue weighted by Crippen LogP contribution is 2.20. The van der Waals surface area contributed by atoms with Gasteiger partial charge in [0.05, 0.1) is 17.5 Å². The van der Waals surface area contributed by atoms with Crippen molar-refractivity contribution in [2.24, 2.45) is 7.05 Å². The number of rotatable bonds is 4. The van der Waals surface area contributed by atoms with Gasteiger partial charge in [-0.3, -0.25) is 14.5 Å². The van der Waals surface area contributed by atoms with Crippen molar-refractivity contribution in [1.29, 1.82) is 0 Å². The van der Waals surface area contributed by atoms with E-state index in [2.05, 4.69) is 28.0 Å². The lowest BCUT2D eigenvalue weighted by molar-refractivity contribution is 0.0956. The van der Waals surface area contributed by atoms with Gasteiger partial charge in [0, 0.05) is 37.3 Å². The summed E-state index contributed by atoms with van der Waals surface area (Å²) in [5, 5.41) is 6.87. The number of hydrogen-bond donors (Lipinski definition) is 2. The monoisotopic (exact) mass is 262 g/mol. The van der Waals surface area contributed by atoms with Gasteiger partial charge in [0.15, 0.2) is 0 Å². The summed E-state index contributed by atoms with van der Waals surface area (Å²) in [5.74, 6) is 0.463. The molecule has 6 heteroatoms. The van der Waals surface area contributed by atoms with Gasteiger partial charge in [-0.1, -0.05) is 0 Å². The van der Waals surface area contributed by atoms with Crippen LogP contribution in [0.1, 0.15) is 10.4 Å². The van der Waals surface area contributed by atoms with Gasteiger partial charge in [-0.05, 0) is 12.1 Å². The van der Waals surface area contributed by atoms with E-state index in [9.17, 15) is 4.79 Å². The minimum atomic E-state index is -0.143. The zero-order chi connectivity index (χ0) is 13.0. The molecule has 0 saturated heterocycles. The van der Waals surface area contributed by atoms with Gasteiger partial charge in [-0.15, -0.1) is 0 Å². The molecule has 2 heterocycles. The maximum absolute atomic E-state index is 12.0. The first-order valence-corrected chi connectivity index (χ1v) is 6.18. The van der Waals surface area contributed by atoms with Crippen LogP contribution in [0.3, 0.4) is 0 Å². The van der Waals surface area contributed by atoms with Gasteiger partial charge < -0.3 is 5.32 Å². The topological polar surface area (TPSA) is 59.8 Å². The number of nitrogens with zero attached hydrogens (tertiary/aromatic N) is 3. The van der Waals surface area contributed by atoms with Crippen molar-refractivity contribution in [3.8, 4) is 11.3 Å². The predicted octanol–water partition coefficient (Wildman–Crippen LogP) is 1.14. The Kier molecular flexibility index (Phi) is 3.99. The second-order valence-corrected chi connectivity index (χ2v) is 4.23. The highest BCUT2D eigenvalue weighted by Gasteiger charge is 2.14. The van der Waals surface area contributed by atoms with E-state index < -0.39 is 0 Å². The lowest BCUT2D eigenvalue weighted by Gasteiger charge is -2.06. The number of hydrogen-bond acceptors (Lipinski definition) is 4. The minimum Gasteiger partial charge on any atom is -0.351 e. The van der Waals surface area contributed by atoms with Crippen molar-refractivity contribution in [2.45, 2.75) is 0 Å². The number of nitrogens with one attached hydrogen (secondary N) is 1. The van der Waals surface area contributed by atoms with E-state index in [-0.39, 0.29) is 5.91 Å². The molecule has 0 atom stereocenters. The molecule has 2 rings (SSSR count). The maximum atomic E-state index is 12.0. The lowest BCUT2D eigenvalue weighted by atomic mass is 10.1. The zero-order valence-corrected chi connectivity index (χ0v) is 10.9. The smallest absolute Gasteiger partial charge is 0.253 e. The Labute approximate surface area is 111 Å². The predicted molar refractivity (Wildman–Crippen MR) is 72.6 cm³/mol. The van der Waals surface area contributed by atoms with Crippen LogP contribution in [0.2, 0.25) is 0 Å². The van der Waals surface area contributed by atoms with Crippen molar-refractivity contribution in [2.75, 3.05) is 12.3 Å². The van der Waals surface area contributed by atoms with Crippen molar-refractivity contribution < 1.29 is 4.79 Å². The third-order valence-electron chi connectivity index (χ3n) is 2.43. The third kappa shape index (κ3) is 2.70. The molecule has 0 aromatic carbocycles. The average molecular weight is 262 g/mol. The summed E-state index contributed by atoms with van der Waals surface area (Å²) in [5.41, 5.74) is 2.02. The van der Waals surface area contributed by atoms with Crippen LogP contribution in [0.5, 0.6) is 0 Å². The quantitative estimate of drug-likeness (QED) is 0.812. The van der Waals surface area contributed by atoms with Crippen LogP contribution in [0.4, 0.5) is 0 Å². The highest BCUT2D eigenvalue weighted by molar-refractivity contribution is 7.80. The molecule has 2 aromatic heterocycles. The lowest BCUT2D eigenvalue weighted by Crippen LogP contribution is -2.26. The first-order valence-electron chi connectivity index (χ1n) is 5.55. The number of pyridine rings is 1. The molecular weight excluding hydrogens is 248 g/mol. The maximum Gasteiger partial charge on any atom is 0.253 e. The molecule has 0 unspecified atom stereocenters. The fraction of sp³-hybridized carbons (Fsp3) is 0.250. The summed E-state index contributed by atoms with van der Waals surface area (Å²) in [6.45, 7) is 0.531. The fourth-order valence-electron chi connectivity index (χ4n) is 1.63. The second kappa shape index (κ2) is 5.68. The molecule has 5 nitrogen and oxygen atoms in total. The van der Waals surface area contributed by atoms with E-state index in [1.54, 1.807) is 29.2 Å². The summed E-state index contributed by atoms with van der Waals surface area (Å²) in [6, 6.07) is 3.50. The van der Waals surface area contributed by atoms with Gasteiger partial charge in [0.2, 0.25) is 0 Å². The molecule has 2 aromatic rings. The number of amides is 1. The SMILES string of the molecule is Cn1cc(-c2ncccc2C(=O)NCCS)cn1. The van der Waals surface area contributed by atoms with E-state index in [0.717, 1.165) is 5.56 Å². The second-order valence-electron chi connectivity index (χ2n) is 3.78. The van der Waals surface area contributed by atoms with E-state index in [1.165, 1.54) is 0 Å². The number of aryl methyl sites for hydroxylation is 1. The van der Waals surface area contributed by atoms with Gasteiger partial charge >= 0.3 is 0 Å². The van der Waals surface area contributed by atoms with Crippen LogP contribution in [0.25, 0.3) is 11.3 Å². The van der Waals surface area contributed by atoms with Crippen LogP contribution < -0.4 is 5.32 Å². The van der Waals surface area contributed by atoms with Gasteiger partial charge in [0.1, 0.15) is 0 Å². The van der Waals surface area contributed by atoms with Crippen LogP contribution in [0.15, 0.2) is 30.7 Å². The average Bonchev–Trinajstić information content (AvgIpc) is 2.82. The highest BCUT2D eigenvalue weighted by atomic mass is 32.1. The number of carbonyl (C=O) groups is 1. The Bertz CT molecular complexity index is 553. The summed E-state index contributed by atoms with van der Waals surface area (Å²) >= 11 is 4.06. The molecule has 0 aliphatic carbocycles. The van der Waals surface area contributed by atoms with Gasteiger partial charge in [-0.2, -0.15) is 17.7 Å². The van der Waals surface area contributed by atoms with Crippen LogP contribution in [-0.4, -0.2) is 33.0 Å². The molecule has 0 aliphatic heterocycles. The molecule has 0 fully saturated rings.